The van der Waals surface area contributed by atoms with Crippen molar-refractivity contribution < 1.29 is 65.1 Å². The second kappa shape index (κ2) is 20.7. The standard InChI is InChI=1S/C40H53N2O14PS/c1-6-50-38(44)28(4)55-57(46,56-32-10-8-7-9-11-32)26-53-31-14-12-29(13-15-31)22-35(41-40(45)54-37-25-52-39-34(37)20-21-51-39)36(43)24-42(23-27(2)3)58(47,48)33-18-16-30(49-5)17-19-33/h7-19,27-28,34-37,39,43H,6,20-26H2,1-5H3,(H,41,45)/t28?,34-,35-,36+,37-,39+,57?/m0/s1. The van der Waals surface area contributed by atoms with Gasteiger partial charge in [-0.3, -0.25) is 4.52 Å². The molecule has 16 nitrogen and oxygen atoms in total. The van der Waals surface area contributed by atoms with Crippen LogP contribution in [0, 0.1) is 11.8 Å². The number of para-hydroxylation sites is 1. The molecule has 7 atom stereocenters. The van der Waals surface area contributed by atoms with Gasteiger partial charge in [0.25, 0.3) is 0 Å². The van der Waals surface area contributed by atoms with Crippen LogP contribution < -0.4 is 19.3 Å². The lowest BCUT2D eigenvalue weighted by Crippen LogP contribution is -2.51. The third kappa shape index (κ3) is 12.4. The summed E-state index contributed by atoms with van der Waals surface area (Å²) in [7, 11) is -6.68. The third-order valence-electron chi connectivity index (χ3n) is 9.36. The van der Waals surface area contributed by atoms with Crippen molar-refractivity contribution in [1.29, 1.82) is 0 Å². The second-order valence-electron chi connectivity index (χ2n) is 14.3. The molecule has 0 aliphatic carbocycles. The van der Waals surface area contributed by atoms with Gasteiger partial charge < -0.3 is 43.4 Å². The minimum atomic E-state index is -4.08. The number of nitrogens with zero attached hydrogens (tertiary/aromatic N) is 1. The summed E-state index contributed by atoms with van der Waals surface area (Å²) in [6.07, 6.45) is -4.23. The van der Waals surface area contributed by atoms with E-state index >= 15 is 0 Å². The Balaban J connectivity index is 1.32. The lowest BCUT2D eigenvalue weighted by atomic mass is 10.0. The van der Waals surface area contributed by atoms with Crippen molar-refractivity contribution in [2.45, 2.75) is 76.1 Å². The summed E-state index contributed by atoms with van der Waals surface area (Å²) in [4.78, 5) is 25.7. The van der Waals surface area contributed by atoms with Crippen molar-refractivity contribution in [2.75, 3.05) is 46.4 Å². The topological polar surface area (TPSA) is 195 Å². The van der Waals surface area contributed by atoms with Crippen LogP contribution >= 0.6 is 7.60 Å². The molecule has 0 saturated carbocycles. The van der Waals surface area contributed by atoms with E-state index in [4.69, 9.17) is 37.5 Å². The quantitative estimate of drug-likeness (QED) is 0.103. The minimum Gasteiger partial charge on any atom is -0.497 e. The highest BCUT2D eigenvalue weighted by Gasteiger charge is 2.44. The summed E-state index contributed by atoms with van der Waals surface area (Å²) in [6, 6.07) is 19.8. The molecule has 318 valence electrons. The number of ether oxygens (including phenoxy) is 6. The van der Waals surface area contributed by atoms with Crippen LogP contribution in [0.2, 0.25) is 0 Å². The first-order valence-electron chi connectivity index (χ1n) is 19.1. The highest BCUT2D eigenvalue weighted by Crippen LogP contribution is 2.49. The predicted molar refractivity (Wildman–Crippen MR) is 211 cm³/mol. The van der Waals surface area contributed by atoms with E-state index in [2.05, 4.69) is 5.32 Å². The highest BCUT2D eigenvalue weighted by atomic mass is 32.2. The van der Waals surface area contributed by atoms with Crippen LogP contribution in [0.3, 0.4) is 0 Å². The third-order valence-corrected chi connectivity index (χ3v) is 12.8. The van der Waals surface area contributed by atoms with Crippen LogP contribution in [-0.2, 0) is 49.3 Å². The van der Waals surface area contributed by atoms with Crippen molar-refractivity contribution in [3.63, 3.8) is 0 Å². The van der Waals surface area contributed by atoms with E-state index in [1.807, 2.05) is 13.8 Å². The number of amides is 1. The Morgan fingerprint density at radius 2 is 1.64 bits per heavy atom. The zero-order valence-corrected chi connectivity index (χ0v) is 35.0. The number of sulfonamides is 1. The average Bonchev–Trinajstić information content (AvgIpc) is 3.82. The molecule has 3 aromatic rings. The molecule has 2 unspecified atom stereocenters. The Labute approximate surface area is 339 Å². The average molecular weight is 849 g/mol. The van der Waals surface area contributed by atoms with Crippen LogP contribution in [-0.4, -0.2) is 107 Å². The van der Waals surface area contributed by atoms with Gasteiger partial charge >= 0.3 is 19.7 Å². The Hall–Kier alpha value is -4.22. The van der Waals surface area contributed by atoms with Gasteiger partial charge in [-0.1, -0.05) is 44.2 Å². The largest absolute Gasteiger partial charge is 0.497 e. The van der Waals surface area contributed by atoms with E-state index in [0.717, 1.165) is 0 Å². The number of esters is 1. The van der Waals surface area contributed by atoms with Crippen LogP contribution in [0.15, 0.2) is 83.8 Å². The monoisotopic (exact) mass is 848 g/mol. The number of nitrogens with one attached hydrogen (secondary N) is 1. The van der Waals surface area contributed by atoms with Gasteiger partial charge in [0.2, 0.25) is 16.4 Å². The minimum absolute atomic E-state index is 0.0229. The molecule has 3 aromatic carbocycles. The first-order chi connectivity index (χ1) is 27.7. The number of aliphatic hydroxyl groups is 1. The molecule has 2 aliphatic heterocycles. The van der Waals surface area contributed by atoms with E-state index < -0.39 is 66.7 Å². The second-order valence-corrected chi connectivity index (χ2v) is 18.1. The number of aliphatic hydroxyl groups excluding tert-OH is 1. The molecule has 0 bridgehead atoms. The molecule has 2 aliphatic rings. The fraction of sp³-hybridized carbons (Fsp3) is 0.500. The molecule has 18 heteroatoms. The van der Waals surface area contributed by atoms with Gasteiger partial charge in [-0.05, 0) is 86.7 Å². The lowest BCUT2D eigenvalue weighted by Gasteiger charge is -2.31. The van der Waals surface area contributed by atoms with Crippen molar-refractivity contribution in [2.24, 2.45) is 11.8 Å². The Morgan fingerprint density at radius 1 is 0.948 bits per heavy atom. The van der Waals surface area contributed by atoms with E-state index in [1.165, 1.54) is 30.5 Å². The van der Waals surface area contributed by atoms with Crippen molar-refractivity contribution >= 4 is 29.7 Å². The molecule has 0 aromatic heterocycles. The summed E-state index contributed by atoms with van der Waals surface area (Å²) < 4.78 is 87.1. The smallest absolute Gasteiger partial charge is 0.417 e. The molecule has 0 spiro atoms. The number of hydrogen-bond donors (Lipinski definition) is 2. The van der Waals surface area contributed by atoms with Gasteiger partial charge in [-0.2, -0.15) is 4.31 Å². The number of methoxy groups -OCH3 is 1. The summed E-state index contributed by atoms with van der Waals surface area (Å²) in [5.41, 5.74) is 0.634. The molecule has 1 amide bonds. The summed E-state index contributed by atoms with van der Waals surface area (Å²) in [5.74, 6) is 0.0863. The first kappa shape index (κ1) is 44.9. The fourth-order valence-corrected chi connectivity index (χ4v) is 9.55. The number of benzene rings is 3. The lowest BCUT2D eigenvalue weighted by molar-refractivity contribution is -0.150. The number of carbonyl (C=O) groups is 2. The van der Waals surface area contributed by atoms with Gasteiger partial charge in [0.15, 0.2) is 12.4 Å². The molecule has 58 heavy (non-hydrogen) atoms. The molecule has 2 N–H and O–H groups in total. The molecule has 2 saturated heterocycles. The van der Waals surface area contributed by atoms with Crippen LogP contribution in [0.1, 0.15) is 39.7 Å². The van der Waals surface area contributed by atoms with Gasteiger partial charge in [0, 0.05) is 13.1 Å². The number of carbonyl (C=O) groups excluding carboxylic acids is 2. The van der Waals surface area contributed by atoms with Crippen molar-refractivity contribution in [3.8, 4) is 17.2 Å². The number of hydrogen-bond acceptors (Lipinski definition) is 14. The van der Waals surface area contributed by atoms with Gasteiger partial charge in [-0.15, -0.1) is 0 Å². The van der Waals surface area contributed by atoms with Crippen LogP contribution in [0.25, 0.3) is 0 Å². The van der Waals surface area contributed by atoms with Gasteiger partial charge in [0.1, 0.15) is 23.4 Å². The van der Waals surface area contributed by atoms with Crippen molar-refractivity contribution in [1.82, 2.24) is 9.62 Å². The van der Waals surface area contributed by atoms with Crippen molar-refractivity contribution in [3.05, 3.63) is 84.4 Å². The van der Waals surface area contributed by atoms with E-state index in [-0.39, 0.29) is 61.0 Å². The maximum atomic E-state index is 13.9. The molecule has 0 radical (unpaired) electrons. The van der Waals surface area contributed by atoms with Gasteiger partial charge in [0.05, 0.1) is 49.9 Å². The zero-order valence-electron chi connectivity index (χ0n) is 33.3. The van der Waals surface area contributed by atoms with Gasteiger partial charge in [-0.25, -0.2) is 22.6 Å². The molecular formula is C40H53N2O14PS. The maximum absolute atomic E-state index is 13.9. The summed E-state index contributed by atoms with van der Waals surface area (Å²) >= 11 is 0. The summed E-state index contributed by atoms with van der Waals surface area (Å²) in [6.45, 7) is 7.29. The van der Waals surface area contributed by atoms with E-state index in [9.17, 15) is 27.7 Å². The summed E-state index contributed by atoms with van der Waals surface area (Å²) in [5, 5.41) is 14.5. The molecule has 5 rings (SSSR count). The predicted octanol–water partition coefficient (Wildman–Crippen LogP) is 5.38. The first-order valence-corrected chi connectivity index (χ1v) is 22.3. The Kier molecular flexibility index (Phi) is 16.0. The SMILES string of the molecule is CCOC(=O)C(C)OP(=O)(COc1ccc(C[C@H](NC(=O)O[C@H]2CO[C@H]3OCC[C@H]32)[C@H](O)CN(CC(C)C)S(=O)(=O)c2ccc(OC)cc2)cc1)Oc1ccccc1. The number of alkyl carbamates (subject to hydrolysis) is 1. The van der Waals surface area contributed by atoms with E-state index in [1.54, 1.807) is 73.7 Å². The van der Waals surface area contributed by atoms with E-state index in [0.29, 0.717) is 24.3 Å². The maximum Gasteiger partial charge on any atom is 0.417 e. The zero-order chi connectivity index (χ0) is 41.9. The molecule has 2 fully saturated rings. The molecular weight excluding hydrogens is 795 g/mol. The fourth-order valence-electron chi connectivity index (χ4n) is 6.46. The Morgan fingerprint density at radius 3 is 2.29 bits per heavy atom. The van der Waals surface area contributed by atoms with Crippen LogP contribution in [0.5, 0.6) is 17.2 Å². The normalized spacial score (nSPS) is 20.4. The van der Waals surface area contributed by atoms with Crippen LogP contribution in [0.4, 0.5) is 4.79 Å². The highest BCUT2D eigenvalue weighted by molar-refractivity contribution is 7.89. The molecule has 2 heterocycles. The Bertz CT molecular complexity index is 1930. The number of rotatable bonds is 21. The number of fused-ring (bicyclic) bond motifs is 1.